The molecule has 0 unspecified atom stereocenters. The number of carbonyl (C=O) groups excluding carboxylic acids is 1. The van der Waals surface area contributed by atoms with Crippen LogP contribution in [0.3, 0.4) is 0 Å². The maximum atomic E-state index is 11.9. The van der Waals surface area contributed by atoms with Crippen LogP contribution in [0, 0.1) is 0 Å². The maximum absolute atomic E-state index is 11.9. The first-order valence-electron chi connectivity index (χ1n) is 11.0. The topological polar surface area (TPSA) is 68.7 Å². The number of amides is 1. The Hall–Kier alpha value is -1.87. The van der Waals surface area contributed by atoms with Crippen molar-refractivity contribution in [2.45, 2.75) is 32.5 Å². The number of hydrogen-bond donors (Lipinski definition) is 1. The zero-order valence-corrected chi connectivity index (χ0v) is 20.0. The largest absolute Gasteiger partial charge is 0.493 e. The molecule has 0 aromatic heterocycles. The van der Waals surface area contributed by atoms with Crippen LogP contribution in [0.1, 0.15) is 19.4 Å². The zero-order valence-electron chi connectivity index (χ0n) is 20.0. The quantitative estimate of drug-likeness (QED) is 0.555. The van der Waals surface area contributed by atoms with Gasteiger partial charge >= 0.3 is 0 Å². The second-order valence-corrected chi connectivity index (χ2v) is 8.82. The van der Waals surface area contributed by atoms with E-state index < -0.39 is 6.10 Å². The van der Waals surface area contributed by atoms with Gasteiger partial charge in [-0.3, -0.25) is 14.6 Å². The van der Waals surface area contributed by atoms with Crippen molar-refractivity contribution in [1.82, 2.24) is 19.6 Å². The van der Waals surface area contributed by atoms with Crippen LogP contribution in [0.15, 0.2) is 18.2 Å². The molecule has 8 nitrogen and oxygen atoms in total. The van der Waals surface area contributed by atoms with Crippen molar-refractivity contribution < 1.29 is 19.4 Å². The number of aliphatic hydroxyl groups is 1. The van der Waals surface area contributed by atoms with E-state index in [-0.39, 0.29) is 12.5 Å². The summed E-state index contributed by atoms with van der Waals surface area (Å²) in [6.07, 6.45) is -0.563. The molecular formula is C23H40N4O4. The molecule has 8 heteroatoms. The van der Waals surface area contributed by atoms with Gasteiger partial charge in [0, 0.05) is 59.4 Å². The number of carbonyl (C=O) groups is 1. The molecule has 1 aliphatic rings. The van der Waals surface area contributed by atoms with Gasteiger partial charge < -0.3 is 24.4 Å². The van der Waals surface area contributed by atoms with E-state index in [0.29, 0.717) is 30.6 Å². The normalized spacial score (nSPS) is 16.5. The highest BCUT2D eigenvalue weighted by Crippen LogP contribution is 2.29. The highest BCUT2D eigenvalue weighted by molar-refractivity contribution is 5.77. The van der Waals surface area contributed by atoms with Crippen molar-refractivity contribution in [3.8, 4) is 11.5 Å². The van der Waals surface area contributed by atoms with Crippen molar-refractivity contribution in [3.05, 3.63) is 23.8 Å². The summed E-state index contributed by atoms with van der Waals surface area (Å²) in [7, 11) is 7.22. The molecule has 1 aromatic carbocycles. The number of nitrogens with zero attached hydrogens (tertiary/aromatic N) is 4. The summed E-state index contributed by atoms with van der Waals surface area (Å²) in [4.78, 5) is 20.2. The SMILES string of the molecule is COc1cc(CN2CCN(CC(=O)N(C)C)CC2)ccc1OC[C@H](O)CN(C)C(C)C. The molecule has 2 rings (SSSR count). The van der Waals surface area contributed by atoms with Crippen LogP contribution in [-0.2, 0) is 11.3 Å². The van der Waals surface area contributed by atoms with E-state index in [1.165, 1.54) is 0 Å². The Labute approximate surface area is 187 Å². The number of rotatable bonds is 11. The summed E-state index contributed by atoms with van der Waals surface area (Å²) >= 11 is 0. The van der Waals surface area contributed by atoms with Crippen molar-refractivity contribution in [3.63, 3.8) is 0 Å². The third-order valence-electron chi connectivity index (χ3n) is 5.77. The fraction of sp³-hybridized carbons (Fsp3) is 0.696. The second kappa shape index (κ2) is 12.2. The lowest BCUT2D eigenvalue weighted by Gasteiger charge is -2.34. The minimum Gasteiger partial charge on any atom is -0.493 e. The Morgan fingerprint density at radius 2 is 1.74 bits per heavy atom. The average Bonchev–Trinajstić information content (AvgIpc) is 2.73. The van der Waals surface area contributed by atoms with Crippen molar-refractivity contribution >= 4 is 5.91 Å². The van der Waals surface area contributed by atoms with Gasteiger partial charge in [0.25, 0.3) is 0 Å². The molecule has 0 aliphatic carbocycles. The van der Waals surface area contributed by atoms with Gasteiger partial charge in [0.2, 0.25) is 5.91 Å². The summed E-state index contributed by atoms with van der Waals surface area (Å²) in [5.74, 6) is 1.47. The number of likely N-dealkylation sites (N-methyl/N-ethyl adjacent to an activating group) is 2. The molecular weight excluding hydrogens is 396 g/mol. The van der Waals surface area contributed by atoms with Gasteiger partial charge in [0.05, 0.1) is 13.7 Å². The van der Waals surface area contributed by atoms with Gasteiger partial charge in [-0.15, -0.1) is 0 Å². The Balaban J connectivity index is 1.84. The number of aliphatic hydroxyl groups excluding tert-OH is 1. The molecule has 0 radical (unpaired) electrons. The highest BCUT2D eigenvalue weighted by atomic mass is 16.5. The number of ether oxygens (including phenoxy) is 2. The molecule has 1 saturated heterocycles. The molecule has 1 atom stereocenters. The summed E-state index contributed by atoms with van der Waals surface area (Å²) < 4.78 is 11.4. The first kappa shape index (κ1) is 25.4. The molecule has 31 heavy (non-hydrogen) atoms. The van der Waals surface area contributed by atoms with E-state index >= 15 is 0 Å². The lowest BCUT2D eigenvalue weighted by molar-refractivity contribution is -0.130. The summed E-state index contributed by atoms with van der Waals surface area (Å²) in [6.45, 7) is 9.92. The van der Waals surface area contributed by atoms with Crippen LogP contribution in [0.4, 0.5) is 0 Å². The van der Waals surface area contributed by atoms with Gasteiger partial charge in [0.1, 0.15) is 12.7 Å². The number of piperazine rings is 1. The van der Waals surface area contributed by atoms with Crippen LogP contribution < -0.4 is 9.47 Å². The van der Waals surface area contributed by atoms with Crippen molar-refractivity contribution in [2.75, 3.05) is 74.1 Å². The Morgan fingerprint density at radius 3 is 2.32 bits per heavy atom. The molecule has 1 heterocycles. The zero-order chi connectivity index (χ0) is 23.0. The van der Waals surface area contributed by atoms with Gasteiger partial charge in [-0.2, -0.15) is 0 Å². The van der Waals surface area contributed by atoms with Crippen LogP contribution in [0.2, 0.25) is 0 Å². The Bertz CT molecular complexity index is 690. The lowest BCUT2D eigenvalue weighted by atomic mass is 10.1. The predicted octanol–water partition coefficient (Wildman–Crippen LogP) is 0.981. The fourth-order valence-electron chi connectivity index (χ4n) is 3.41. The number of methoxy groups -OCH3 is 1. The van der Waals surface area contributed by atoms with Crippen LogP contribution in [0.25, 0.3) is 0 Å². The van der Waals surface area contributed by atoms with Crippen molar-refractivity contribution in [1.29, 1.82) is 0 Å². The van der Waals surface area contributed by atoms with Gasteiger partial charge in [-0.05, 0) is 38.6 Å². The Morgan fingerprint density at radius 1 is 1.10 bits per heavy atom. The minimum absolute atomic E-state index is 0.148. The average molecular weight is 437 g/mol. The standard InChI is InChI=1S/C23H40N4O4/c1-18(2)25(5)15-20(28)17-31-21-8-7-19(13-22(21)30-6)14-26-9-11-27(12-10-26)16-23(29)24(3)4/h7-8,13,18,20,28H,9-12,14-17H2,1-6H3/t20-/m1/s1. The monoisotopic (exact) mass is 436 g/mol. The first-order chi connectivity index (χ1) is 14.7. The van der Waals surface area contributed by atoms with E-state index in [1.54, 1.807) is 26.1 Å². The van der Waals surface area contributed by atoms with Gasteiger partial charge in [-0.25, -0.2) is 0 Å². The smallest absolute Gasteiger partial charge is 0.236 e. The Kier molecular flexibility index (Phi) is 10.0. The maximum Gasteiger partial charge on any atom is 0.236 e. The van der Waals surface area contributed by atoms with E-state index in [2.05, 4.69) is 28.5 Å². The molecule has 0 saturated carbocycles. The summed E-state index contributed by atoms with van der Waals surface area (Å²) in [5, 5.41) is 10.2. The van der Waals surface area contributed by atoms with Gasteiger partial charge in [-0.1, -0.05) is 6.07 Å². The number of benzene rings is 1. The van der Waals surface area contributed by atoms with Gasteiger partial charge in [0.15, 0.2) is 11.5 Å². The molecule has 176 valence electrons. The van der Waals surface area contributed by atoms with Crippen LogP contribution in [0.5, 0.6) is 11.5 Å². The summed E-state index contributed by atoms with van der Waals surface area (Å²) in [5.41, 5.74) is 1.15. The minimum atomic E-state index is -0.563. The molecule has 1 aliphatic heterocycles. The van der Waals surface area contributed by atoms with Crippen LogP contribution >= 0.6 is 0 Å². The molecule has 1 N–H and O–H groups in total. The van der Waals surface area contributed by atoms with E-state index in [0.717, 1.165) is 38.3 Å². The van der Waals surface area contributed by atoms with E-state index in [1.807, 2.05) is 25.2 Å². The summed E-state index contributed by atoms with van der Waals surface area (Å²) in [6, 6.07) is 6.34. The first-order valence-corrected chi connectivity index (χ1v) is 11.0. The van der Waals surface area contributed by atoms with E-state index in [4.69, 9.17) is 9.47 Å². The number of hydrogen-bond acceptors (Lipinski definition) is 7. The fourth-order valence-corrected chi connectivity index (χ4v) is 3.41. The second-order valence-electron chi connectivity index (χ2n) is 8.82. The van der Waals surface area contributed by atoms with E-state index in [9.17, 15) is 9.90 Å². The molecule has 0 spiro atoms. The molecule has 1 amide bonds. The molecule has 1 aromatic rings. The third-order valence-corrected chi connectivity index (χ3v) is 5.77. The lowest BCUT2D eigenvalue weighted by Crippen LogP contribution is -2.48. The van der Waals surface area contributed by atoms with Crippen molar-refractivity contribution in [2.24, 2.45) is 0 Å². The molecule has 0 bridgehead atoms. The van der Waals surface area contributed by atoms with Crippen LogP contribution in [-0.4, -0.2) is 117 Å². The molecule has 1 fully saturated rings. The third kappa shape index (κ3) is 8.29. The highest BCUT2D eigenvalue weighted by Gasteiger charge is 2.20. The predicted molar refractivity (Wildman–Crippen MR) is 123 cm³/mol.